The molecular weight excluding hydrogens is 600 g/mol. The van der Waals surface area contributed by atoms with Crippen molar-refractivity contribution in [2.45, 2.75) is 70.9 Å². The first-order valence-electron chi connectivity index (χ1n) is 16.0. The highest BCUT2D eigenvalue weighted by Gasteiger charge is 2.29. The number of aliphatic hydroxyl groups is 1. The Morgan fingerprint density at radius 3 is 2.39 bits per heavy atom. The summed E-state index contributed by atoms with van der Waals surface area (Å²) in [4.78, 5) is 27.7. The molecule has 1 saturated heterocycles. The highest BCUT2D eigenvalue weighted by atomic mass is 32.2. The molecule has 0 spiro atoms. The lowest BCUT2D eigenvalue weighted by Crippen LogP contribution is -2.47. The fourth-order valence-corrected chi connectivity index (χ4v) is 5.98. The van der Waals surface area contributed by atoms with Crippen LogP contribution in [0.4, 0.5) is 0 Å². The number of rotatable bonds is 15. The Morgan fingerprint density at radius 1 is 1.02 bits per heavy atom. The highest BCUT2D eigenvalue weighted by molar-refractivity contribution is 7.98. The maximum absolute atomic E-state index is 13.5. The number of carboxylic acids is 1. The van der Waals surface area contributed by atoms with E-state index in [9.17, 15) is 14.7 Å². The molecule has 0 aromatic heterocycles. The number of carbonyl (C=O) groups excluding carboxylic acids is 1. The number of nitrogens with zero attached hydrogens (tertiary/aromatic N) is 1. The predicted molar refractivity (Wildman–Crippen MR) is 186 cm³/mol. The molecule has 0 saturated carbocycles. The summed E-state index contributed by atoms with van der Waals surface area (Å²) < 4.78 is 11.9. The zero-order valence-corrected chi connectivity index (χ0v) is 28.4. The van der Waals surface area contributed by atoms with Crippen LogP contribution in [0.5, 0.6) is 0 Å². The number of likely N-dealkylation sites (tertiary alicyclic amines) is 1. The van der Waals surface area contributed by atoms with Crippen LogP contribution in [-0.2, 0) is 27.4 Å². The minimum atomic E-state index is -1.02. The first-order chi connectivity index (χ1) is 22.3. The van der Waals surface area contributed by atoms with Crippen LogP contribution in [0.1, 0.15) is 59.7 Å². The Kier molecular flexibility index (Phi) is 16.3. The minimum Gasteiger partial charge on any atom is -0.480 e. The van der Waals surface area contributed by atoms with Gasteiger partial charge in [-0.1, -0.05) is 67.6 Å². The smallest absolute Gasteiger partial charge is 0.326 e. The molecule has 8 nitrogen and oxygen atoms in total. The number of carboxylic acid groups (broad SMARTS) is 1. The number of thioether (sulfide) groups is 1. The van der Waals surface area contributed by atoms with E-state index in [1.54, 1.807) is 18.9 Å². The van der Waals surface area contributed by atoms with Crippen LogP contribution in [0.15, 0.2) is 72.8 Å². The second-order valence-corrected chi connectivity index (χ2v) is 12.6. The van der Waals surface area contributed by atoms with Crippen molar-refractivity contribution in [2.75, 3.05) is 38.9 Å². The van der Waals surface area contributed by atoms with Gasteiger partial charge in [-0.2, -0.15) is 11.8 Å². The molecule has 3 aromatic rings. The fourth-order valence-electron chi connectivity index (χ4n) is 5.51. The Hall–Kier alpha value is -3.21. The maximum atomic E-state index is 13.5. The van der Waals surface area contributed by atoms with Crippen molar-refractivity contribution in [2.24, 2.45) is 0 Å². The van der Waals surface area contributed by atoms with Crippen LogP contribution in [0.25, 0.3) is 11.1 Å². The highest BCUT2D eigenvalue weighted by Crippen LogP contribution is 2.30. The van der Waals surface area contributed by atoms with Crippen molar-refractivity contribution in [1.82, 2.24) is 10.2 Å². The van der Waals surface area contributed by atoms with E-state index < -0.39 is 12.0 Å². The van der Waals surface area contributed by atoms with Crippen LogP contribution in [-0.4, -0.2) is 84.1 Å². The van der Waals surface area contributed by atoms with Gasteiger partial charge < -0.3 is 25.0 Å². The van der Waals surface area contributed by atoms with Crippen LogP contribution in [0.2, 0.25) is 0 Å². The molecule has 46 heavy (non-hydrogen) atoms. The number of piperidine rings is 1. The number of carbonyl (C=O) groups is 2. The molecule has 3 N–H and O–H groups in total. The van der Waals surface area contributed by atoms with E-state index in [0.29, 0.717) is 44.1 Å². The number of nitrogens with one attached hydrogen (secondary N) is 1. The molecule has 0 aliphatic carbocycles. The number of aliphatic hydroxyl groups excluding tert-OH is 1. The van der Waals surface area contributed by atoms with Gasteiger partial charge >= 0.3 is 5.97 Å². The minimum absolute atomic E-state index is 0.119. The molecule has 1 aliphatic rings. The molecule has 1 heterocycles. The Labute approximate surface area is 278 Å². The summed E-state index contributed by atoms with van der Waals surface area (Å²) in [6.45, 7) is 6.98. The van der Waals surface area contributed by atoms with E-state index in [-0.39, 0.29) is 18.1 Å². The number of benzene rings is 3. The zero-order chi connectivity index (χ0) is 33.3. The monoisotopic (exact) mass is 650 g/mol. The third-order valence-electron chi connectivity index (χ3n) is 8.05. The van der Waals surface area contributed by atoms with Gasteiger partial charge in [0.2, 0.25) is 0 Å². The van der Waals surface area contributed by atoms with Gasteiger partial charge in [0.05, 0.1) is 19.3 Å². The Balaban J connectivity index is 0.00000136. The predicted octanol–water partition coefficient (Wildman–Crippen LogP) is 6.18. The molecule has 9 heteroatoms. The first-order valence-corrected chi connectivity index (χ1v) is 17.4. The van der Waals surface area contributed by atoms with Gasteiger partial charge in [0, 0.05) is 38.4 Å². The lowest BCUT2D eigenvalue weighted by molar-refractivity contribution is -0.139. The van der Waals surface area contributed by atoms with E-state index >= 15 is 0 Å². The molecule has 0 bridgehead atoms. The largest absolute Gasteiger partial charge is 0.480 e. The molecular formula is C37H50N2O6S. The van der Waals surface area contributed by atoms with Gasteiger partial charge in [-0.15, -0.1) is 0 Å². The van der Waals surface area contributed by atoms with Gasteiger partial charge in [0.25, 0.3) is 5.91 Å². The number of aliphatic carboxylic acids is 1. The van der Waals surface area contributed by atoms with Gasteiger partial charge in [-0.3, -0.25) is 9.69 Å². The topological polar surface area (TPSA) is 108 Å². The van der Waals surface area contributed by atoms with Crippen LogP contribution in [0.3, 0.4) is 0 Å². The molecule has 1 fully saturated rings. The van der Waals surface area contributed by atoms with Crippen molar-refractivity contribution >= 4 is 23.6 Å². The summed E-state index contributed by atoms with van der Waals surface area (Å²) in [7, 11) is 1.74. The normalized spacial score (nSPS) is 17.1. The lowest BCUT2D eigenvalue weighted by atomic mass is 9.92. The summed E-state index contributed by atoms with van der Waals surface area (Å²) in [6.07, 6.45) is 5.24. The Bertz CT molecular complexity index is 1350. The lowest BCUT2D eigenvalue weighted by Gasteiger charge is -2.39. The third-order valence-corrected chi connectivity index (χ3v) is 8.70. The SMILES string of the molecule is CCCO.COC[C@@H]1CCC(OCc2ccccc2)CN1Cc1ccc(C(=O)NC(CCSC)C(=O)O)c(-c2ccccc2C)c1. The molecule has 250 valence electrons. The molecule has 4 rings (SSSR count). The van der Waals surface area contributed by atoms with Crippen LogP contribution in [0, 0.1) is 6.92 Å². The zero-order valence-electron chi connectivity index (χ0n) is 27.6. The quantitative estimate of drug-likeness (QED) is 0.179. The summed E-state index contributed by atoms with van der Waals surface area (Å²) >= 11 is 1.56. The molecule has 1 amide bonds. The number of ether oxygens (including phenoxy) is 2. The first kappa shape index (κ1) is 37.2. The number of aryl methyl sites for hydroxylation is 1. The van der Waals surface area contributed by atoms with Crippen molar-refractivity contribution in [3.8, 4) is 11.1 Å². The third kappa shape index (κ3) is 11.5. The number of hydrogen-bond donors (Lipinski definition) is 3. The molecule has 1 aliphatic heterocycles. The molecule has 3 atom stereocenters. The van der Waals surface area contributed by atoms with E-state index in [1.807, 2.05) is 74.7 Å². The molecule has 0 radical (unpaired) electrons. The average molecular weight is 651 g/mol. The summed E-state index contributed by atoms with van der Waals surface area (Å²) in [6, 6.07) is 23.4. The maximum Gasteiger partial charge on any atom is 0.326 e. The van der Waals surface area contributed by atoms with Crippen molar-refractivity contribution in [1.29, 1.82) is 0 Å². The van der Waals surface area contributed by atoms with E-state index in [2.05, 4.69) is 28.4 Å². The van der Waals surface area contributed by atoms with Gasteiger partial charge in [0.1, 0.15) is 6.04 Å². The summed E-state index contributed by atoms with van der Waals surface area (Å²) in [5.74, 6) is -0.752. The van der Waals surface area contributed by atoms with Crippen molar-refractivity contribution in [3.05, 3.63) is 95.1 Å². The van der Waals surface area contributed by atoms with E-state index in [1.165, 1.54) is 5.56 Å². The van der Waals surface area contributed by atoms with Gasteiger partial charge in [-0.05, 0) is 84.6 Å². The van der Waals surface area contributed by atoms with Crippen molar-refractivity contribution < 1.29 is 29.3 Å². The van der Waals surface area contributed by atoms with Crippen molar-refractivity contribution in [3.63, 3.8) is 0 Å². The number of hydrogen-bond acceptors (Lipinski definition) is 7. The number of amides is 1. The fraction of sp³-hybridized carbons (Fsp3) is 0.459. The van der Waals surface area contributed by atoms with Crippen LogP contribution < -0.4 is 5.32 Å². The number of methoxy groups -OCH3 is 1. The second kappa shape index (κ2) is 20.1. The van der Waals surface area contributed by atoms with E-state index in [4.69, 9.17) is 14.6 Å². The molecule has 3 aromatic carbocycles. The van der Waals surface area contributed by atoms with Gasteiger partial charge in [-0.25, -0.2) is 4.79 Å². The van der Waals surface area contributed by atoms with Crippen LogP contribution >= 0.6 is 11.8 Å². The molecule has 2 unspecified atom stereocenters. The Morgan fingerprint density at radius 2 is 1.74 bits per heavy atom. The summed E-state index contributed by atoms with van der Waals surface area (Å²) in [5, 5.41) is 20.3. The van der Waals surface area contributed by atoms with E-state index in [0.717, 1.165) is 48.1 Å². The summed E-state index contributed by atoms with van der Waals surface area (Å²) in [5.41, 5.74) is 5.51. The van der Waals surface area contributed by atoms with Gasteiger partial charge in [0.15, 0.2) is 0 Å². The average Bonchev–Trinajstić information content (AvgIpc) is 3.07. The second-order valence-electron chi connectivity index (χ2n) is 11.6. The standard InChI is InChI=1S/C34H42N2O5S.C3H8O/c1-24-9-7-8-12-29(24)31-19-26(13-16-30(31)33(37)35-32(34(38)39)17-18-42-3)20-36-21-28(15-14-27(36)23-40-2)41-22-25-10-5-4-6-11-25;1-2-3-4/h4-13,16,19,27-28,32H,14-15,17-18,20-23H2,1-3H3,(H,35,37)(H,38,39);4H,2-3H2,1H3/t27-,28?,32?;/m0./s1.